The lowest BCUT2D eigenvalue weighted by Gasteiger charge is -2.21. The molecule has 1 rings (SSSR count). The Morgan fingerprint density at radius 2 is 2.20 bits per heavy atom. The van der Waals surface area contributed by atoms with Crippen LogP contribution in [0.2, 0.25) is 5.15 Å². The van der Waals surface area contributed by atoms with Gasteiger partial charge >= 0.3 is 0 Å². The molecule has 0 amide bonds. The van der Waals surface area contributed by atoms with E-state index in [1.54, 1.807) is 6.20 Å². The number of ether oxygens (including phenoxy) is 1. The fourth-order valence-electron chi connectivity index (χ4n) is 1.24. The van der Waals surface area contributed by atoms with Crippen LogP contribution in [0.1, 0.15) is 13.8 Å². The van der Waals surface area contributed by atoms with Gasteiger partial charge in [0.1, 0.15) is 11.0 Å². The van der Waals surface area contributed by atoms with Gasteiger partial charge < -0.3 is 9.64 Å². The number of nitrogens with zero attached hydrogens (tertiary/aromatic N) is 3. The van der Waals surface area contributed by atoms with Crippen LogP contribution in [-0.2, 0) is 4.74 Å². The van der Waals surface area contributed by atoms with E-state index in [-0.39, 0.29) is 0 Å². The zero-order valence-corrected chi connectivity index (χ0v) is 9.87. The first-order valence-corrected chi connectivity index (χ1v) is 5.46. The van der Waals surface area contributed by atoms with Crippen LogP contribution in [0.15, 0.2) is 12.4 Å². The van der Waals surface area contributed by atoms with E-state index in [1.165, 1.54) is 6.20 Å². The SMILES string of the molecule is CCOCCN(CC)c1cncc(Cl)n1. The summed E-state index contributed by atoms with van der Waals surface area (Å²) >= 11 is 5.78. The van der Waals surface area contributed by atoms with Gasteiger partial charge in [0.15, 0.2) is 0 Å². The molecule has 84 valence electrons. The first-order chi connectivity index (χ1) is 7.27. The van der Waals surface area contributed by atoms with Crippen molar-refractivity contribution in [2.45, 2.75) is 13.8 Å². The molecule has 0 spiro atoms. The Kier molecular flexibility index (Phi) is 5.36. The molecule has 1 aromatic heterocycles. The molecule has 0 aromatic carbocycles. The first-order valence-electron chi connectivity index (χ1n) is 5.08. The van der Waals surface area contributed by atoms with Crippen molar-refractivity contribution in [3.63, 3.8) is 0 Å². The van der Waals surface area contributed by atoms with Crippen molar-refractivity contribution in [2.24, 2.45) is 0 Å². The lowest BCUT2D eigenvalue weighted by molar-refractivity contribution is 0.154. The maximum absolute atomic E-state index is 5.78. The van der Waals surface area contributed by atoms with Gasteiger partial charge in [-0.3, -0.25) is 4.98 Å². The molecule has 0 aliphatic carbocycles. The Morgan fingerprint density at radius 1 is 1.40 bits per heavy atom. The van der Waals surface area contributed by atoms with Crippen molar-refractivity contribution in [1.29, 1.82) is 0 Å². The second-order valence-electron chi connectivity index (χ2n) is 2.98. The number of aromatic nitrogens is 2. The van der Waals surface area contributed by atoms with Crippen molar-refractivity contribution in [3.8, 4) is 0 Å². The van der Waals surface area contributed by atoms with E-state index in [2.05, 4.69) is 21.8 Å². The highest BCUT2D eigenvalue weighted by atomic mass is 35.5. The molecular formula is C10H16ClN3O. The highest BCUT2D eigenvalue weighted by molar-refractivity contribution is 6.29. The summed E-state index contributed by atoms with van der Waals surface area (Å²) in [6.07, 6.45) is 3.24. The molecule has 0 radical (unpaired) electrons. The summed E-state index contributed by atoms with van der Waals surface area (Å²) in [7, 11) is 0. The van der Waals surface area contributed by atoms with Crippen molar-refractivity contribution in [1.82, 2.24) is 9.97 Å². The summed E-state index contributed by atoms with van der Waals surface area (Å²) in [5.74, 6) is 0.796. The van der Waals surface area contributed by atoms with E-state index < -0.39 is 0 Å². The summed E-state index contributed by atoms with van der Waals surface area (Å²) in [4.78, 5) is 10.3. The van der Waals surface area contributed by atoms with E-state index >= 15 is 0 Å². The zero-order chi connectivity index (χ0) is 11.1. The van der Waals surface area contributed by atoms with Gasteiger partial charge in [-0.25, -0.2) is 4.98 Å². The summed E-state index contributed by atoms with van der Waals surface area (Å²) in [5.41, 5.74) is 0. The van der Waals surface area contributed by atoms with Crippen molar-refractivity contribution in [3.05, 3.63) is 17.5 Å². The van der Waals surface area contributed by atoms with Crippen LogP contribution in [0.5, 0.6) is 0 Å². The standard InChI is InChI=1S/C10H16ClN3O/c1-3-14(5-6-15-4-2)10-8-12-7-9(11)13-10/h7-8H,3-6H2,1-2H3. The molecule has 0 fully saturated rings. The molecule has 0 atom stereocenters. The number of rotatable bonds is 6. The van der Waals surface area contributed by atoms with Crippen molar-refractivity contribution < 1.29 is 4.74 Å². The molecule has 0 aliphatic heterocycles. The van der Waals surface area contributed by atoms with Crippen molar-refractivity contribution >= 4 is 17.4 Å². The Labute approximate surface area is 95.2 Å². The highest BCUT2D eigenvalue weighted by Gasteiger charge is 2.06. The maximum atomic E-state index is 5.78. The molecule has 0 bridgehead atoms. The zero-order valence-electron chi connectivity index (χ0n) is 9.11. The molecule has 0 unspecified atom stereocenters. The first kappa shape index (κ1) is 12.2. The molecule has 0 saturated heterocycles. The molecule has 4 nitrogen and oxygen atoms in total. The van der Waals surface area contributed by atoms with Crippen LogP contribution in [-0.4, -0.2) is 36.3 Å². The van der Waals surface area contributed by atoms with Gasteiger partial charge in [0.2, 0.25) is 0 Å². The predicted molar refractivity (Wildman–Crippen MR) is 61.4 cm³/mol. The topological polar surface area (TPSA) is 38.2 Å². The van der Waals surface area contributed by atoms with Gasteiger partial charge in [-0.2, -0.15) is 0 Å². The minimum atomic E-state index is 0.419. The van der Waals surface area contributed by atoms with Gasteiger partial charge in [-0.1, -0.05) is 11.6 Å². The fourth-order valence-corrected chi connectivity index (χ4v) is 1.38. The largest absolute Gasteiger partial charge is 0.380 e. The quantitative estimate of drug-likeness (QED) is 0.700. The molecule has 1 heterocycles. The molecular weight excluding hydrogens is 214 g/mol. The number of hydrogen-bond donors (Lipinski definition) is 0. The maximum Gasteiger partial charge on any atom is 0.149 e. The predicted octanol–water partition coefficient (Wildman–Crippen LogP) is 1.99. The van der Waals surface area contributed by atoms with Gasteiger partial charge in [0, 0.05) is 19.7 Å². The average Bonchev–Trinajstić information content (AvgIpc) is 2.24. The second-order valence-corrected chi connectivity index (χ2v) is 3.36. The normalized spacial score (nSPS) is 10.3. The minimum absolute atomic E-state index is 0.419. The smallest absolute Gasteiger partial charge is 0.149 e. The second kappa shape index (κ2) is 6.58. The molecule has 1 aromatic rings. The third-order valence-corrected chi connectivity index (χ3v) is 2.19. The lowest BCUT2D eigenvalue weighted by Crippen LogP contribution is -2.28. The van der Waals surface area contributed by atoms with Gasteiger partial charge in [-0.05, 0) is 13.8 Å². The summed E-state index contributed by atoms with van der Waals surface area (Å²) in [6, 6.07) is 0. The molecule has 0 N–H and O–H groups in total. The van der Waals surface area contributed by atoms with Crippen LogP contribution < -0.4 is 4.90 Å². The van der Waals surface area contributed by atoms with Gasteiger partial charge in [-0.15, -0.1) is 0 Å². The molecule has 0 aliphatic rings. The van der Waals surface area contributed by atoms with E-state index in [0.717, 1.165) is 25.5 Å². The summed E-state index contributed by atoms with van der Waals surface area (Å²) < 4.78 is 5.29. The number of halogens is 1. The monoisotopic (exact) mass is 229 g/mol. The van der Waals surface area contributed by atoms with Gasteiger partial charge in [0.25, 0.3) is 0 Å². The minimum Gasteiger partial charge on any atom is -0.380 e. The summed E-state index contributed by atoms with van der Waals surface area (Å²) in [5, 5.41) is 0.419. The van der Waals surface area contributed by atoms with Crippen LogP contribution in [0.4, 0.5) is 5.82 Å². The molecule has 0 saturated carbocycles. The average molecular weight is 230 g/mol. The lowest BCUT2D eigenvalue weighted by atomic mass is 10.5. The number of anilines is 1. The van der Waals surface area contributed by atoms with E-state index in [9.17, 15) is 0 Å². The van der Waals surface area contributed by atoms with Crippen LogP contribution in [0, 0.1) is 0 Å². The number of hydrogen-bond acceptors (Lipinski definition) is 4. The molecule has 5 heteroatoms. The highest BCUT2D eigenvalue weighted by Crippen LogP contribution is 2.11. The Bertz CT molecular complexity index is 296. The fraction of sp³-hybridized carbons (Fsp3) is 0.600. The Morgan fingerprint density at radius 3 is 2.80 bits per heavy atom. The van der Waals surface area contributed by atoms with E-state index in [1.807, 2.05) is 6.92 Å². The van der Waals surface area contributed by atoms with Crippen LogP contribution in [0.25, 0.3) is 0 Å². The van der Waals surface area contributed by atoms with Crippen LogP contribution >= 0.6 is 11.6 Å². The van der Waals surface area contributed by atoms with Crippen molar-refractivity contribution in [2.75, 3.05) is 31.2 Å². The Balaban J connectivity index is 2.57. The molecule has 15 heavy (non-hydrogen) atoms. The third kappa shape index (κ3) is 4.01. The van der Waals surface area contributed by atoms with Crippen LogP contribution in [0.3, 0.4) is 0 Å². The van der Waals surface area contributed by atoms with E-state index in [4.69, 9.17) is 16.3 Å². The Hall–Kier alpha value is -0.870. The number of likely N-dealkylation sites (N-methyl/N-ethyl adjacent to an activating group) is 1. The summed E-state index contributed by atoms with van der Waals surface area (Å²) in [6.45, 7) is 7.14. The van der Waals surface area contributed by atoms with Gasteiger partial charge in [0.05, 0.1) is 19.0 Å². The van der Waals surface area contributed by atoms with E-state index in [0.29, 0.717) is 11.8 Å². The third-order valence-electron chi connectivity index (χ3n) is 2.01.